The van der Waals surface area contributed by atoms with Gasteiger partial charge in [0.1, 0.15) is 5.76 Å². The number of nitrogens with zero attached hydrogens (tertiary/aromatic N) is 4. The lowest BCUT2D eigenvalue weighted by Crippen LogP contribution is -2.39. The van der Waals surface area contributed by atoms with Crippen LogP contribution >= 0.6 is 11.8 Å². The molecular weight excluding hydrogens is 392 g/mol. The van der Waals surface area contributed by atoms with Crippen molar-refractivity contribution in [3.8, 4) is 0 Å². The van der Waals surface area contributed by atoms with Crippen LogP contribution in [0.2, 0.25) is 0 Å². The second-order valence-corrected chi connectivity index (χ2v) is 7.78. The highest BCUT2D eigenvalue weighted by Gasteiger charge is 2.22. The van der Waals surface area contributed by atoms with Crippen LogP contribution in [0.3, 0.4) is 0 Å². The molecule has 0 bridgehead atoms. The number of carbonyl (C=O) groups excluding carboxylic acids is 2. The number of imide groups is 1. The van der Waals surface area contributed by atoms with Crippen LogP contribution in [0.4, 0.5) is 4.79 Å². The fraction of sp³-hybridized carbons (Fsp3) is 0.579. The number of unbranched alkanes of at least 4 members (excludes halogenated alkanes) is 1. The number of hydrogen-bond acceptors (Lipinski definition) is 7. The summed E-state index contributed by atoms with van der Waals surface area (Å²) in [4.78, 5) is 26.1. The highest BCUT2D eigenvalue weighted by atomic mass is 32.2. The Kier molecular flexibility index (Phi) is 9.20. The van der Waals surface area contributed by atoms with Crippen LogP contribution in [0.1, 0.15) is 50.7 Å². The smallest absolute Gasteiger partial charge is 0.321 e. The Morgan fingerprint density at radius 1 is 1.31 bits per heavy atom. The van der Waals surface area contributed by atoms with E-state index in [-0.39, 0.29) is 18.3 Å². The minimum atomic E-state index is -0.557. The van der Waals surface area contributed by atoms with E-state index >= 15 is 0 Å². The maximum Gasteiger partial charge on any atom is 0.321 e. The second kappa shape index (κ2) is 11.6. The van der Waals surface area contributed by atoms with Gasteiger partial charge >= 0.3 is 6.03 Å². The molecule has 2 aromatic rings. The number of urea groups is 1. The average molecular weight is 423 g/mol. The van der Waals surface area contributed by atoms with Gasteiger partial charge in [0.25, 0.3) is 0 Å². The van der Waals surface area contributed by atoms with Crippen LogP contribution in [0, 0.1) is 0 Å². The third kappa shape index (κ3) is 6.90. The van der Waals surface area contributed by atoms with E-state index in [9.17, 15) is 9.59 Å². The predicted molar refractivity (Wildman–Crippen MR) is 111 cm³/mol. The molecule has 2 heterocycles. The Labute approximate surface area is 175 Å². The molecule has 0 aliphatic rings. The predicted octanol–water partition coefficient (Wildman–Crippen LogP) is 2.80. The Hall–Kier alpha value is -2.33. The normalized spacial score (nSPS) is 12.2. The number of rotatable bonds is 11. The van der Waals surface area contributed by atoms with Crippen LogP contribution in [0.15, 0.2) is 28.0 Å². The van der Waals surface area contributed by atoms with Gasteiger partial charge in [0.2, 0.25) is 5.91 Å². The van der Waals surface area contributed by atoms with Crippen LogP contribution in [-0.2, 0) is 17.9 Å². The van der Waals surface area contributed by atoms with Crippen molar-refractivity contribution in [1.29, 1.82) is 0 Å². The van der Waals surface area contributed by atoms with E-state index in [2.05, 4.69) is 44.1 Å². The average Bonchev–Trinajstić information content (AvgIpc) is 3.33. The molecule has 2 N–H and O–H groups in total. The van der Waals surface area contributed by atoms with Crippen molar-refractivity contribution in [3.05, 3.63) is 30.0 Å². The molecule has 0 unspecified atom stereocenters. The number of carbonyl (C=O) groups is 2. The minimum Gasteiger partial charge on any atom is -0.467 e. The SMILES string of the molecule is CCCCn1c(SCC(=O)NC(=O)NCc2ccco2)nnc1[C@H](CC)N(C)C. The topological polar surface area (TPSA) is 105 Å². The Morgan fingerprint density at radius 2 is 2.10 bits per heavy atom. The molecule has 1 atom stereocenters. The van der Waals surface area contributed by atoms with E-state index < -0.39 is 11.9 Å². The molecule has 0 aliphatic heterocycles. The van der Waals surface area contributed by atoms with E-state index in [1.54, 1.807) is 12.1 Å². The van der Waals surface area contributed by atoms with Crippen molar-refractivity contribution in [3.63, 3.8) is 0 Å². The molecule has 0 fully saturated rings. The zero-order valence-corrected chi connectivity index (χ0v) is 18.3. The summed E-state index contributed by atoms with van der Waals surface area (Å²) >= 11 is 1.28. The molecule has 0 saturated carbocycles. The zero-order chi connectivity index (χ0) is 21.2. The van der Waals surface area contributed by atoms with Crippen LogP contribution < -0.4 is 10.6 Å². The largest absolute Gasteiger partial charge is 0.467 e. The Bertz CT molecular complexity index is 775. The molecular formula is C19H30N6O3S. The molecule has 0 radical (unpaired) electrons. The summed E-state index contributed by atoms with van der Waals surface area (Å²) in [6.45, 7) is 5.27. The molecule has 2 rings (SSSR count). The van der Waals surface area contributed by atoms with E-state index in [0.29, 0.717) is 10.9 Å². The molecule has 2 aromatic heterocycles. The van der Waals surface area contributed by atoms with E-state index in [4.69, 9.17) is 4.42 Å². The standard InChI is InChI=1S/C19H30N6O3S/c1-5-7-10-25-17(15(6-2)24(3)4)22-23-19(25)29-13-16(26)21-18(27)20-12-14-9-8-11-28-14/h8-9,11,15H,5-7,10,12-13H2,1-4H3,(H2,20,21,26,27)/t15-/m0/s1. The third-order valence-electron chi connectivity index (χ3n) is 4.38. The number of nitrogens with one attached hydrogen (secondary N) is 2. The third-order valence-corrected chi connectivity index (χ3v) is 5.34. The lowest BCUT2D eigenvalue weighted by molar-refractivity contribution is -0.117. The fourth-order valence-electron chi connectivity index (χ4n) is 2.88. The second-order valence-electron chi connectivity index (χ2n) is 6.83. The molecule has 10 heteroatoms. The van der Waals surface area contributed by atoms with Crippen molar-refractivity contribution in [2.24, 2.45) is 0 Å². The van der Waals surface area contributed by atoms with Gasteiger partial charge in [-0.25, -0.2) is 4.79 Å². The number of thioether (sulfide) groups is 1. The maximum atomic E-state index is 12.1. The lowest BCUT2D eigenvalue weighted by atomic mass is 10.2. The Morgan fingerprint density at radius 3 is 2.72 bits per heavy atom. The van der Waals surface area contributed by atoms with Gasteiger partial charge in [-0.15, -0.1) is 10.2 Å². The quantitative estimate of drug-likeness (QED) is 0.536. The van der Waals surface area contributed by atoms with Crippen LogP contribution in [0.5, 0.6) is 0 Å². The van der Waals surface area contributed by atoms with Crippen molar-refractivity contribution >= 4 is 23.7 Å². The molecule has 0 saturated heterocycles. The first-order valence-corrected chi connectivity index (χ1v) is 10.8. The summed E-state index contributed by atoms with van der Waals surface area (Å²) < 4.78 is 7.22. The van der Waals surface area contributed by atoms with Crippen LogP contribution in [-0.4, -0.2) is 51.5 Å². The first-order valence-electron chi connectivity index (χ1n) is 9.78. The first-order chi connectivity index (χ1) is 14.0. The molecule has 3 amide bonds. The molecule has 0 aromatic carbocycles. The molecule has 160 valence electrons. The number of aromatic nitrogens is 3. The lowest BCUT2D eigenvalue weighted by Gasteiger charge is -2.23. The van der Waals surface area contributed by atoms with Gasteiger partial charge in [0, 0.05) is 6.54 Å². The van der Waals surface area contributed by atoms with Gasteiger partial charge in [-0.05, 0) is 39.1 Å². The van der Waals surface area contributed by atoms with Crippen molar-refractivity contribution < 1.29 is 14.0 Å². The number of hydrogen-bond donors (Lipinski definition) is 2. The van der Waals surface area contributed by atoms with Crippen LogP contribution in [0.25, 0.3) is 0 Å². The minimum absolute atomic E-state index is 0.0805. The summed E-state index contributed by atoms with van der Waals surface area (Å²) in [7, 11) is 4.04. The first kappa shape index (κ1) is 23.0. The highest BCUT2D eigenvalue weighted by molar-refractivity contribution is 7.99. The molecule has 9 nitrogen and oxygen atoms in total. The van der Waals surface area contributed by atoms with E-state index in [1.807, 2.05) is 14.1 Å². The summed E-state index contributed by atoms with van der Waals surface area (Å²) in [6.07, 6.45) is 4.50. The molecule has 0 aliphatic carbocycles. The Balaban J connectivity index is 1.93. The fourth-order valence-corrected chi connectivity index (χ4v) is 3.65. The van der Waals surface area contributed by atoms with Crippen molar-refractivity contribution in [2.45, 2.75) is 57.4 Å². The van der Waals surface area contributed by atoms with Gasteiger partial charge < -0.3 is 14.3 Å². The van der Waals surface area contributed by atoms with Gasteiger partial charge in [-0.2, -0.15) is 0 Å². The number of amides is 3. The number of furan rings is 1. The monoisotopic (exact) mass is 422 g/mol. The summed E-state index contributed by atoms with van der Waals surface area (Å²) in [5.74, 6) is 1.21. The summed E-state index contributed by atoms with van der Waals surface area (Å²) in [5, 5.41) is 14.3. The van der Waals surface area contributed by atoms with Gasteiger partial charge in [-0.1, -0.05) is 32.0 Å². The van der Waals surface area contributed by atoms with E-state index in [1.165, 1.54) is 18.0 Å². The van der Waals surface area contributed by atoms with Gasteiger partial charge in [-0.3, -0.25) is 15.0 Å². The molecule has 29 heavy (non-hydrogen) atoms. The van der Waals surface area contributed by atoms with Crippen molar-refractivity contribution in [1.82, 2.24) is 30.3 Å². The highest BCUT2D eigenvalue weighted by Crippen LogP contribution is 2.25. The maximum absolute atomic E-state index is 12.1. The summed E-state index contributed by atoms with van der Waals surface area (Å²) in [5.41, 5.74) is 0. The molecule has 0 spiro atoms. The zero-order valence-electron chi connectivity index (χ0n) is 17.5. The summed E-state index contributed by atoms with van der Waals surface area (Å²) in [6, 6.07) is 3.09. The van der Waals surface area contributed by atoms with Gasteiger partial charge in [0.05, 0.1) is 24.6 Å². The van der Waals surface area contributed by atoms with E-state index in [0.717, 1.165) is 31.6 Å². The van der Waals surface area contributed by atoms with Gasteiger partial charge in [0.15, 0.2) is 11.0 Å². The van der Waals surface area contributed by atoms with Crippen molar-refractivity contribution in [2.75, 3.05) is 19.8 Å².